The third-order valence-electron chi connectivity index (χ3n) is 3.52. The highest BCUT2D eigenvalue weighted by Gasteiger charge is 2.31. The van der Waals surface area contributed by atoms with Crippen LogP contribution in [0.4, 0.5) is 0 Å². The molecule has 1 aliphatic heterocycles. The molecule has 1 unspecified atom stereocenters. The second-order valence-electron chi connectivity index (χ2n) is 5.14. The largest absolute Gasteiger partial charge is 0.375 e. The molecular formula is C13H17N5O3. The fourth-order valence-electron chi connectivity index (χ4n) is 2.46. The molecule has 1 aliphatic rings. The average Bonchev–Trinajstić information content (AvgIpc) is 3.17. The summed E-state index contributed by atoms with van der Waals surface area (Å²) in [5, 5.41) is 3.96. The lowest BCUT2D eigenvalue weighted by Gasteiger charge is -2.13. The molecule has 3 rings (SSSR count). The predicted octanol–water partition coefficient (Wildman–Crippen LogP) is 0.579. The van der Waals surface area contributed by atoms with Crippen LogP contribution in [-0.4, -0.2) is 50.7 Å². The summed E-state index contributed by atoms with van der Waals surface area (Å²) in [6, 6.07) is 0. The molecule has 1 amide bonds. The molecule has 1 atom stereocenters. The third kappa shape index (κ3) is 2.80. The molecular weight excluding hydrogens is 274 g/mol. The number of ether oxygens (including phenoxy) is 1. The van der Waals surface area contributed by atoms with Crippen LogP contribution in [0, 0.1) is 0 Å². The Morgan fingerprint density at radius 3 is 3.14 bits per heavy atom. The van der Waals surface area contributed by atoms with Crippen molar-refractivity contribution >= 4 is 5.91 Å². The maximum absolute atomic E-state index is 12.3. The quantitative estimate of drug-likeness (QED) is 0.819. The Labute approximate surface area is 121 Å². The van der Waals surface area contributed by atoms with Gasteiger partial charge in [0, 0.05) is 39.4 Å². The second-order valence-corrected chi connectivity index (χ2v) is 5.14. The predicted molar refractivity (Wildman–Crippen MR) is 71.5 cm³/mol. The summed E-state index contributed by atoms with van der Waals surface area (Å²) in [5.41, 5.74) is 0.464. The van der Waals surface area contributed by atoms with E-state index in [0.717, 1.165) is 6.42 Å². The lowest BCUT2D eigenvalue weighted by Crippen LogP contribution is -2.28. The van der Waals surface area contributed by atoms with Crippen molar-refractivity contribution in [3.8, 4) is 0 Å². The summed E-state index contributed by atoms with van der Waals surface area (Å²) < 4.78 is 11.8. The first-order valence-corrected chi connectivity index (χ1v) is 6.76. The van der Waals surface area contributed by atoms with Crippen LogP contribution in [0.5, 0.6) is 0 Å². The maximum atomic E-state index is 12.3. The van der Waals surface area contributed by atoms with Gasteiger partial charge in [0.1, 0.15) is 12.3 Å². The molecule has 8 nitrogen and oxygen atoms in total. The minimum atomic E-state index is -0.0568. The Morgan fingerprint density at radius 1 is 1.57 bits per heavy atom. The van der Waals surface area contributed by atoms with Gasteiger partial charge in [-0.1, -0.05) is 5.16 Å². The van der Waals surface area contributed by atoms with E-state index >= 15 is 0 Å². The number of methoxy groups -OCH3 is 1. The normalized spacial score (nSPS) is 18.4. The number of carbonyl (C=O) groups excluding carboxylic acids is 1. The molecule has 0 aliphatic carbocycles. The number of amides is 1. The van der Waals surface area contributed by atoms with Crippen LogP contribution in [0.3, 0.4) is 0 Å². The molecule has 0 N–H and O–H groups in total. The van der Waals surface area contributed by atoms with Crippen molar-refractivity contribution in [2.24, 2.45) is 7.05 Å². The highest BCUT2D eigenvalue weighted by atomic mass is 16.5. The molecule has 8 heteroatoms. The Balaban J connectivity index is 1.65. The first kappa shape index (κ1) is 13.7. The van der Waals surface area contributed by atoms with Crippen molar-refractivity contribution < 1.29 is 14.1 Å². The summed E-state index contributed by atoms with van der Waals surface area (Å²) in [6.45, 7) is 1.56. The number of aryl methyl sites for hydroxylation is 1. The Kier molecular flexibility index (Phi) is 3.70. The van der Waals surface area contributed by atoms with Crippen LogP contribution in [0.15, 0.2) is 17.0 Å². The van der Waals surface area contributed by atoms with E-state index < -0.39 is 0 Å². The van der Waals surface area contributed by atoms with E-state index in [4.69, 9.17) is 9.26 Å². The number of nitrogens with zero attached hydrogens (tertiary/aromatic N) is 5. The summed E-state index contributed by atoms with van der Waals surface area (Å²) >= 11 is 0. The third-order valence-corrected chi connectivity index (χ3v) is 3.52. The van der Waals surface area contributed by atoms with Gasteiger partial charge in [0.2, 0.25) is 0 Å². The van der Waals surface area contributed by atoms with Crippen molar-refractivity contribution in [3.63, 3.8) is 0 Å². The summed E-state index contributed by atoms with van der Waals surface area (Å²) in [7, 11) is 3.42. The molecule has 0 spiro atoms. The molecule has 2 aromatic rings. The van der Waals surface area contributed by atoms with Gasteiger partial charge < -0.3 is 18.7 Å². The van der Waals surface area contributed by atoms with Crippen LogP contribution >= 0.6 is 0 Å². The van der Waals surface area contributed by atoms with Crippen LogP contribution < -0.4 is 0 Å². The molecule has 3 heterocycles. The standard InChI is InChI=1S/C13H17N5O3/c1-17-6-10(14-8-17)13(19)18-4-3-9(5-18)12-15-11(7-20-2)21-16-12/h6,8-9H,3-5,7H2,1-2H3. The number of imidazole rings is 1. The van der Waals surface area contributed by atoms with Gasteiger partial charge in [-0.2, -0.15) is 4.98 Å². The Morgan fingerprint density at radius 2 is 2.43 bits per heavy atom. The number of likely N-dealkylation sites (tertiary alicyclic amines) is 1. The summed E-state index contributed by atoms with van der Waals surface area (Å²) in [4.78, 5) is 22.5. The molecule has 1 fully saturated rings. The lowest BCUT2D eigenvalue weighted by molar-refractivity contribution is 0.0785. The summed E-state index contributed by atoms with van der Waals surface area (Å²) in [5.74, 6) is 1.14. The topological polar surface area (TPSA) is 86.3 Å². The first-order chi connectivity index (χ1) is 10.2. The maximum Gasteiger partial charge on any atom is 0.274 e. The Bertz CT molecular complexity index is 635. The average molecular weight is 291 g/mol. The number of rotatable bonds is 4. The van der Waals surface area contributed by atoms with Gasteiger partial charge in [0.25, 0.3) is 11.8 Å². The van der Waals surface area contributed by atoms with Crippen LogP contribution in [-0.2, 0) is 18.4 Å². The van der Waals surface area contributed by atoms with E-state index in [1.165, 1.54) is 0 Å². The molecule has 0 bridgehead atoms. The minimum absolute atomic E-state index is 0.0568. The molecule has 1 saturated heterocycles. The smallest absolute Gasteiger partial charge is 0.274 e. The molecule has 112 valence electrons. The van der Waals surface area contributed by atoms with Gasteiger partial charge in [0.05, 0.1) is 6.33 Å². The van der Waals surface area contributed by atoms with Crippen molar-refractivity contribution in [2.45, 2.75) is 18.9 Å². The second kappa shape index (κ2) is 5.65. The van der Waals surface area contributed by atoms with Crippen LogP contribution in [0.25, 0.3) is 0 Å². The zero-order valence-electron chi connectivity index (χ0n) is 12.0. The van der Waals surface area contributed by atoms with E-state index in [1.54, 1.807) is 29.1 Å². The molecule has 2 aromatic heterocycles. The lowest BCUT2D eigenvalue weighted by atomic mass is 10.1. The zero-order valence-corrected chi connectivity index (χ0v) is 12.0. The van der Waals surface area contributed by atoms with E-state index in [-0.39, 0.29) is 11.8 Å². The van der Waals surface area contributed by atoms with Crippen molar-refractivity contribution in [2.75, 3.05) is 20.2 Å². The van der Waals surface area contributed by atoms with E-state index in [2.05, 4.69) is 15.1 Å². The van der Waals surface area contributed by atoms with Crippen LogP contribution in [0.1, 0.15) is 34.5 Å². The van der Waals surface area contributed by atoms with Gasteiger partial charge in [0.15, 0.2) is 5.82 Å². The van der Waals surface area contributed by atoms with Gasteiger partial charge >= 0.3 is 0 Å². The Hall–Kier alpha value is -2.22. The SMILES string of the molecule is COCc1nc(C2CCN(C(=O)c3cn(C)cn3)C2)no1. The number of carbonyl (C=O) groups is 1. The molecule has 0 radical (unpaired) electrons. The van der Waals surface area contributed by atoms with Gasteiger partial charge in [-0.3, -0.25) is 4.79 Å². The molecule has 0 saturated carbocycles. The monoisotopic (exact) mass is 291 g/mol. The fraction of sp³-hybridized carbons (Fsp3) is 0.538. The zero-order chi connectivity index (χ0) is 14.8. The highest BCUT2D eigenvalue weighted by Crippen LogP contribution is 2.26. The molecule has 0 aromatic carbocycles. The van der Waals surface area contributed by atoms with E-state index in [1.807, 2.05) is 7.05 Å². The number of hydrogen-bond donors (Lipinski definition) is 0. The minimum Gasteiger partial charge on any atom is -0.375 e. The van der Waals surface area contributed by atoms with Crippen molar-refractivity contribution in [1.82, 2.24) is 24.6 Å². The van der Waals surface area contributed by atoms with Gasteiger partial charge in [-0.05, 0) is 6.42 Å². The first-order valence-electron chi connectivity index (χ1n) is 6.76. The fourth-order valence-corrected chi connectivity index (χ4v) is 2.46. The van der Waals surface area contributed by atoms with Crippen LogP contribution in [0.2, 0.25) is 0 Å². The number of hydrogen-bond acceptors (Lipinski definition) is 6. The van der Waals surface area contributed by atoms with Gasteiger partial charge in [-0.25, -0.2) is 4.98 Å². The van der Waals surface area contributed by atoms with E-state index in [0.29, 0.717) is 37.1 Å². The number of aromatic nitrogens is 4. The van der Waals surface area contributed by atoms with E-state index in [9.17, 15) is 4.79 Å². The van der Waals surface area contributed by atoms with Gasteiger partial charge in [-0.15, -0.1) is 0 Å². The van der Waals surface area contributed by atoms with Crippen molar-refractivity contribution in [3.05, 3.63) is 29.9 Å². The van der Waals surface area contributed by atoms with Crippen molar-refractivity contribution in [1.29, 1.82) is 0 Å². The summed E-state index contributed by atoms with van der Waals surface area (Å²) in [6.07, 6.45) is 4.17. The highest BCUT2D eigenvalue weighted by molar-refractivity contribution is 5.92. The molecule has 21 heavy (non-hydrogen) atoms.